The van der Waals surface area contributed by atoms with Crippen molar-refractivity contribution in [2.24, 2.45) is 11.3 Å². The highest BCUT2D eigenvalue weighted by Crippen LogP contribution is 2.25. The van der Waals surface area contributed by atoms with Gasteiger partial charge in [0.2, 0.25) is 0 Å². The average Bonchev–Trinajstić information content (AvgIpc) is 2.47. The van der Waals surface area contributed by atoms with Crippen LogP contribution in [0.1, 0.15) is 52.0 Å². The Morgan fingerprint density at radius 2 is 2.05 bits per heavy atom. The normalized spacial score (nSPS) is 18.1. The van der Waals surface area contributed by atoms with Crippen LogP contribution in [-0.2, 0) is 6.42 Å². The van der Waals surface area contributed by atoms with Crippen LogP contribution in [-0.4, -0.2) is 19.6 Å². The summed E-state index contributed by atoms with van der Waals surface area (Å²) >= 11 is 0. The largest absolute Gasteiger partial charge is 0.384 e. The van der Waals surface area contributed by atoms with Gasteiger partial charge in [-0.3, -0.25) is 0 Å². The van der Waals surface area contributed by atoms with Gasteiger partial charge in [-0.05, 0) is 42.3 Å². The van der Waals surface area contributed by atoms with Crippen molar-refractivity contribution < 1.29 is 0 Å². The number of hydrogen-bond donors (Lipinski definition) is 2. The zero-order valence-electron chi connectivity index (χ0n) is 14.0. The lowest BCUT2D eigenvalue weighted by atomic mass is 9.86. The topological polar surface area (TPSA) is 24.1 Å². The molecule has 0 fully saturated rings. The number of rotatable bonds is 8. The minimum absolute atomic E-state index is 0.426. The van der Waals surface area contributed by atoms with E-state index in [9.17, 15) is 0 Å². The van der Waals surface area contributed by atoms with E-state index in [1.807, 2.05) is 0 Å². The minimum atomic E-state index is 0.426. The lowest BCUT2D eigenvalue weighted by Gasteiger charge is -2.29. The molecule has 0 amide bonds. The standard InChI is InChI=1S/C19H32N2/c1-4-5-8-11-19(2,3)15-20-13-16-12-17-9-6-7-10-18(17)21-14-16/h6-7,9-10,16,20-21H,4-5,8,11-15H2,1-3H3. The van der Waals surface area contributed by atoms with Gasteiger partial charge in [-0.15, -0.1) is 0 Å². The fourth-order valence-corrected chi connectivity index (χ4v) is 3.21. The summed E-state index contributed by atoms with van der Waals surface area (Å²) in [6.07, 6.45) is 6.58. The van der Waals surface area contributed by atoms with Gasteiger partial charge in [0.25, 0.3) is 0 Å². The van der Waals surface area contributed by atoms with E-state index < -0.39 is 0 Å². The lowest BCUT2D eigenvalue weighted by Crippen LogP contribution is -2.37. The number of hydrogen-bond acceptors (Lipinski definition) is 2. The maximum atomic E-state index is 3.71. The molecule has 2 N–H and O–H groups in total. The molecule has 1 aliphatic rings. The number of benzene rings is 1. The van der Waals surface area contributed by atoms with Crippen LogP contribution in [0, 0.1) is 11.3 Å². The molecule has 0 saturated carbocycles. The van der Waals surface area contributed by atoms with Crippen LogP contribution in [0.2, 0.25) is 0 Å². The molecule has 2 heteroatoms. The zero-order valence-corrected chi connectivity index (χ0v) is 14.0. The second-order valence-corrected chi connectivity index (χ2v) is 7.36. The van der Waals surface area contributed by atoms with Gasteiger partial charge < -0.3 is 10.6 Å². The maximum Gasteiger partial charge on any atom is 0.0372 e. The molecule has 21 heavy (non-hydrogen) atoms. The molecule has 0 aromatic heterocycles. The van der Waals surface area contributed by atoms with E-state index in [1.165, 1.54) is 43.4 Å². The smallest absolute Gasteiger partial charge is 0.0372 e. The Bertz CT molecular complexity index is 425. The molecular formula is C19H32N2. The summed E-state index contributed by atoms with van der Waals surface area (Å²) in [7, 11) is 0. The molecule has 1 aromatic rings. The number of para-hydroxylation sites is 1. The fourth-order valence-electron chi connectivity index (χ4n) is 3.21. The van der Waals surface area contributed by atoms with Gasteiger partial charge >= 0.3 is 0 Å². The minimum Gasteiger partial charge on any atom is -0.384 e. The SMILES string of the molecule is CCCCCC(C)(C)CNCC1CNc2ccccc2C1. The van der Waals surface area contributed by atoms with Crippen molar-refractivity contribution in [3.8, 4) is 0 Å². The summed E-state index contributed by atoms with van der Waals surface area (Å²) in [6.45, 7) is 10.4. The van der Waals surface area contributed by atoms with Crippen molar-refractivity contribution >= 4 is 5.69 Å². The molecule has 0 radical (unpaired) electrons. The summed E-state index contributed by atoms with van der Waals surface area (Å²) < 4.78 is 0. The molecule has 0 spiro atoms. The molecule has 2 nitrogen and oxygen atoms in total. The third kappa shape index (κ3) is 5.35. The second-order valence-electron chi connectivity index (χ2n) is 7.36. The Kier molecular flexibility index (Phi) is 6.10. The quantitative estimate of drug-likeness (QED) is 0.690. The molecule has 2 rings (SSSR count). The summed E-state index contributed by atoms with van der Waals surface area (Å²) in [5, 5.41) is 7.28. The maximum absolute atomic E-state index is 3.71. The molecule has 118 valence electrons. The van der Waals surface area contributed by atoms with Gasteiger partial charge in [0.1, 0.15) is 0 Å². The highest BCUT2D eigenvalue weighted by Gasteiger charge is 2.20. The van der Waals surface area contributed by atoms with Crippen molar-refractivity contribution in [1.82, 2.24) is 5.32 Å². The molecule has 1 aliphatic heterocycles. The van der Waals surface area contributed by atoms with E-state index in [4.69, 9.17) is 0 Å². The third-order valence-corrected chi connectivity index (χ3v) is 4.60. The van der Waals surface area contributed by atoms with Crippen molar-refractivity contribution in [3.63, 3.8) is 0 Å². The molecule has 1 unspecified atom stereocenters. The molecule has 0 bridgehead atoms. The van der Waals surface area contributed by atoms with Gasteiger partial charge in [-0.25, -0.2) is 0 Å². The number of anilines is 1. The van der Waals surface area contributed by atoms with Crippen LogP contribution in [0.5, 0.6) is 0 Å². The van der Waals surface area contributed by atoms with E-state index in [-0.39, 0.29) is 0 Å². The van der Waals surface area contributed by atoms with Gasteiger partial charge in [0.05, 0.1) is 0 Å². The van der Waals surface area contributed by atoms with Gasteiger partial charge in [-0.2, -0.15) is 0 Å². The van der Waals surface area contributed by atoms with Crippen LogP contribution in [0.3, 0.4) is 0 Å². The van der Waals surface area contributed by atoms with Crippen LogP contribution in [0.25, 0.3) is 0 Å². The summed E-state index contributed by atoms with van der Waals surface area (Å²) in [5.74, 6) is 0.714. The summed E-state index contributed by atoms with van der Waals surface area (Å²) in [6, 6.07) is 8.70. The third-order valence-electron chi connectivity index (χ3n) is 4.60. The first-order chi connectivity index (χ1) is 10.1. The molecular weight excluding hydrogens is 256 g/mol. The van der Waals surface area contributed by atoms with Crippen LogP contribution >= 0.6 is 0 Å². The van der Waals surface area contributed by atoms with Gasteiger partial charge in [-0.1, -0.05) is 58.2 Å². The highest BCUT2D eigenvalue weighted by molar-refractivity contribution is 5.53. The molecule has 0 aliphatic carbocycles. The molecule has 1 aromatic carbocycles. The van der Waals surface area contributed by atoms with Crippen LogP contribution in [0.15, 0.2) is 24.3 Å². The predicted molar refractivity (Wildman–Crippen MR) is 92.9 cm³/mol. The van der Waals surface area contributed by atoms with E-state index in [1.54, 1.807) is 0 Å². The predicted octanol–water partition coefficient (Wildman–Crippen LogP) is 4.47. The second kappa shape index (κ2) is 7.84. The van der Waals surface area contributed by atoms with Gasteiger partial charge in [0.15, 0.2) is 0 Å². The van der Waals surface area contributed by atoms with E-state index >= 15 is 0 Å². The number of unbranched alkanes of at least 4 members (excludes halogenated alkanes) is 2. The first kappa shape index (κ1) is 16.4. The Morgan fingerprint density at radius 1 is 1.24 bits per heavy atom. The Morgan fingerprint density at radius 3 is 2.86 bits per heavy atom. The van der Waals surface area contributed by atoms with E-state index in [2.05, 4.69) is 55.7 Å². The number of fused-ring (bicyclic) bond motifs is 1. The highest BCUT2D eigenvalue weighted by atomic mass is 14.9. The Balaban J connectivity index is 1.70. The van der Waals surface area contributed by atoms with E-state index in [0.717, 1.165) is 19.6 Å². The van der Waals surface area contributed by atoms with Crippen molar-refractivity contribution in [2.75, 3.05) is 25.0 Å². The van der Waals surface area contributed by atoms with E-state index in [0.29, 0.717) is 11.3 Å². The molecule has 1 heterocycles. The zero-order chi connectivity index (χ0) is 15.1. The first-order valence-electron chi connectivity index (χ1n) is 8.63. The first-order valence-corrected chi connectivity index (χ1v) is 8.63. The van der Waals surface area contributed by atoms with Crippen molar-refractivity contribution in [2.45, 2.75) is 52.9 Å². The molecule has 0 saturated heterocycles. The van der Waals surface area contributed by atoms with Crippen LogP contribution in [0.4, 0.5) is 5.69 Å². The van der Waals surface area contributed by atoms with Crippen molar-refractivity contribution in [3.05, 3.63) is 29.8 Å². The van der Waals surface area contributed by atoms with Gasteiger partial charge in [0, 0.05) is 18.8 Å². The lowest BCUT2D eigenvalue weighted by molar-refractivity contribution is 0.293. The fraction of sp³-hybridized carbons (Fsp3) is 0.684. The Hall–Kier alpha value is -1.02. The van der Waals surface area contributed by atoms with Crippen molar-refractivity contribution in [1.29, 1.82) is 0 Å². The Labute approximate surface area is 130 Å². The molecule has 1 atom stereocenters. The average molecular weight is 288 g/mol. The summed E-state index contributed by atoms with van der Waals surface area (Å²) in [4.78, 5) is 0. The number of nitrogens with one attached hydrogen (secondary N) is 2. The summed E-state index contributed by atoms with van der Waals surface area (Å²) in [5.41, 5.74) is 3.22. The monoisotopic (exact) mass is 288 g/mol. The van der Waals surface area contributed by atoms with Crippen LogP contribution < -0.4 is 10.6 Å².